The Balaban J connectivity index is 2.88. The molecule has 2 rings (SSSR count). The Bertz CT molecular complexity index is 474. The van der Waals surface area contributed by atoms with Crippen LogP contribution >= 0.6 is 0 Å². The van der Waals surface area contributed by atoms with Gasteiger partial charge >= 0.3 is 0 Å². The van der Waals surface area contributed by atoms with E-state index in [2.05, 4.69) is 10.1 Å². The number of fused-ring (bicyclic) bond motifs is 1. The summed E-state index contributed by atoms with van der Waals surface area (Å²) in [6.45, 7) is 1.46. The number of carbonyl (C=O) groups excluding carboxylic acids is 1. The Morgan fingerprint density at radius 1 is 1.62 bits per heavy atom. The molecule has 0 aliphatic heterocycles. The molecule has 0 saturated heterocycles. The Morgan fingerprint density at radius 3 is 3.08 bits per heavy atom. The average Bonchev–Trinajstić information content (AvgIpc) is 2.50. The summed E-state index contributed by atoms with van der Waals surface area (Å²) in [4.78, 5) is 15.2. The van der Waals surface area contributed by atoms with Crippen LogP contribution in [0.3, 0.4) is 0 Å². The Hall–Kier alpha value is -1.91. The molecule has 66 valence electrons. The van der Waals surface area contributed by atoms with E-state index in [9.17, 15) is 4.79 Å². The number of nitrogens with two attached hydrogens (primary N) is 1. The van der Waals surface area contributed by atoms with Crippen molar-refractivity contribution in [2.24, 2.45) is 0 Å². The highest BCUT2D eigenvalue weighted by Gasteiger charge is 2.11. The number of Topliss-reactive ketones (excluding diaryl/α,β-unsaturated/α-hetero) is 1. The molecule has 0 atom stereocenters. The zero-order chi connectivity index (χ0) is 9.42. The lowest BCUT2D eigenvalue weighted by molar-refractivity contribution is 0.101. The van der Waals surface area contributed by atoms with Crippen LogP contribution in [0.2, 0.25) is 0 Å². The van der Waals surface area contributed by atoms with Crippen LogP contribution in [0.4, 0.5) is 5.69 Å². The molecule has 5 nitrogen and oxygen atoms in total. The molecule has 2 aromatic heterocycles. The van der Waals surface area contributed by atoms with Crippen molar-refractivity contribution in [3.8, 4) is 0 Å². The largest absolute Gasteiger partial charge is 0.397 e. The van der Waals surface area contributed by atoms with Crippen molar-refractivity contribution in [1.29, 1.82) is 0 Å². The van der Waals surface area contributed by atoms with Gasteiger partial charge in [0.25, 0.3) is 0 Å². The molecule has 0 spiro atoms. The lowest BCUT2D eigenvalue weighted by Crippen LogP contribution is -2.05. The summed E-state index contributed by atoms with van der Waals surface area (Å²) >= 11 is 0. The van der Waals surface area contributed by atoms with Crippen LogP contribution < -0.4 is 5.73 Å². The van der Waals surface area contributed by atoms with Crippen LogP contribution in [0.25, 0.3) is 5.65 Å². The fraction of sp³-hybridized carbons (Fsp3) is 0.125. The van der Waals surface area contributed by atoms with Gasteiger partial charge in [0.15, 0.2) is 11.4 Å². The maximum Gasteiger partial charge on any atom is 0.166 e. The zero-order valence-electron chi connectivity index (χ0n) is 7.06. The number of nitrogens with zero attached hydrogens (tertiary/aromatic N) is 3. The molecule has 0 aromatic carbocycles. The first-order chi connectivity index (χ1) is 6.20. The summed E-state index contributed by atoms with van der Waals surface area (Å²) in [7, 11) is 0. The number of hydrogen-bond donors (Lipinski definition) is 1. The average molecular weight is 176 g/mol. The molecule has 13 heavy (non-hydrogen) atoms. The van der Waals surface area contributed by atoms with Crippen LogP contribution in [-0.2, 0) is 0 Å². The second-order valence-corrected chi connectivity index (χ2v) is 2.73. The first kappa shape index (κ1) is 7.72. The van der Waals surface area contributed by atoms with Crippen LogP contribution in [0.1, 0.15) is 17.3 Å². The zero-order valence-corrected chi connectivity index (χ0v) is 7.06. The van der Waals surface area contributed by atoms with Crippen molar-refractivity contribution >= 4 is 17.1 Å². The van der Waals surface area contributed by atoms with E-state index >= 15 is 0 Å². The van der Waals surface area contributed by atoms with Crippen molar-refractivity contribution < 1.29 is 4.79 Å². The lowest BCUT2D eigenvalue weighted by Gasteiger charge is -2.01. The third-order valence-corrected chi connectivity index (χ3v) is 1.81. The van der Waals surface area contributed by atoms with Crippen LogP contribution in [0.5, 0.6) is 0 Å². The predicted octanol–water partition coefficient (Wildman–Crippen LogP) is 0.514. The summed E-state index contributed by atoms with van der Waals surface area (Å²) in [6.07, 6.45) is 4.70. The van der Waals surface area contributed by atoms with Gasteiger partial charge in [-0.15, -0.1) is 0 Å². The van der Waals surface area contributed by atoms with E-state index in [1.165, 1.54) is 17.6 Å². The molecule has 2 heterocycles. The van der Waals surface area contributed by atoms with E-state index in [0.717, 1.165) is 0 Å². The maximum atomic E-state index is 11.2. The third-order valence-electron chi connectivity index (χ3n) is 1.81. The van der Waals surface area contributed by atoms with Crippen LogP contribution in [0.15, 0.2) is 18.6 Å². The number of nitrogen functional groups attached to an aromatic ring is 1. The van der Waals surface area contributed by atoms with Gasteiger partial charge in [-0.1, -0.05) is 0 Å². The van der Waals surface area contributed by atoms with Gasteiger partial charge in [0.1, 0.15) is 0 Å². The molecule has 0 aliphatic carbocycles. The molecule has 0 amide bonds. The Morgan fingerprint density at radius 2 is 2.38 bits per heavy atom. The molecule has 0 bridgehead atoms. The third kappa shape index (κ3) is 1.05. The number of rotatable bonds is 1. The van der Waals surface area contributed by atoms with Crippen molar-refractivity contribution in [3.63, 3.8) is 0 Å². The summed E-state index contributed by atoms with van der Waals surface area (Å²) < 4.78 is 1.52. The van der Waals surface area contributed by atoms with Crippen molar-refractivity contribution in [2.45, 2.75) is 6.92 Å². The number of imidazole rings is 1. The number of anilines is 1. The lowest BCUT2D eigenvalue weighted by atomic mass is 10.2. The fourth-order valence-electron chi connectivity index (χ4n) is 1.25. The minimum atomic E-state index is -0.101. The molecule has 0 radical (unpaired) electrons. The monoisotopic (exact) mass is 176 g/mol. The normalized spacial score (nSPS) is 10.5. The molecule has 0 unspecified atom stereocenters. The molecule has 2 N–H and O–H groups in total. The highest BCUT2D eigenvalue weighted by molar-refractivity contribution is 6.04. The van der Waals surface area contributed by atoms with E-state index in [4.69, 9.17) is 5.73 Å². The molecule has 0 saturated carbocycles. The molecule has 0 fully saturated rings. The van der Waals surface area contributed by atoms with Gasteiger partial charge in [0.2, 0.25) is 0 Å². The summed E-state index contributed by atoms with van der Waals surface area (Å²) in [5.74, 6) is -0.101. The number of ketones is 1. The topological polar surface area (TPSA) is 73.3 Å². The number of aromatic nitrogens is 3. The van der Waals surface area contributed by atoms with E-state index in [1.807, 2.05) is 0 Å². The molecular formula is C8H8N4O. The van der Waals surface area contributed by atoms with Gasteiger partial charge in [-0.3, -0.25) is 4.79 Å². The first-order valence-corrected chi connectivity index (χ1v) is 3.79. The standard InChI is InChI=1S/C8H8N4O/c1-5(13)7-6(9)4-11-12-3-2-10-8(7)12/h2-4H,9H2,1H3. The van der Waals surface area contributed by atoms with Crippen molar-refractivity contribution in [3.05, 3.63) is 24.2 Å². The maximum absolute atomic E-state index is 11.2. The van der Waals surface area contributed by atoms with Gasteiger partial charge < -0.3 is 5.73 Å². The fourth-order valence-corrected chi connectivity index (χ4v) is 1.25. The first-order valence-electron chi connectivity index (χ1n) is 3.79. The van der Waals surface area contributed by atoms with Gasteiger partial charge in [0.05, 0.1) is 17.4 Å². The van der Waals surface area contributed by atoms with Gasteiger partial charge in [-0.2, -0.15) is 5.10 Å². The SMILES string of the molecule is CC(=O)c1c(N)cnn2ccnc12. The Kier molecular flexibility index (Phi) is 1.51. The van der Waals surface area contributed by atoms with E-state index in [0.29, 0.717) is 16.9 Å². The Labute approximate surface area is 74.2 Å². The van der Waals surface area contributed by atoms with Gasteiger partial charge in [0, 0.05) is 12.4 Å². The van der Waals surface area contributed by atoms with Crippen LogP contribution in [0, 0.1) is 0 Å². The quantitative estimate of drug-likeness (QED) is 0.642. The van der Waals surface area contributed by atoms with Gasteiger partial charge in [-0.25, -0.2) is 9.50 Å². The minimum Gasteiger partial charge on any atom is -0.397 e. The molecular weight excluding hydrogens is 168 g/mol. The molecule has 0 aliphatic rings. The second kappa shape index (κ2) is 2.55. The van der Waals surface area contributed by atoms with E-state index in [-0.39, 0.29) is 5.78 Å². The predicted molar refractivity (Wildman–Crippen MR) is 47.4 cm³/mol. The molecule has 5 heteroatoms. The minimum absolute atomic E-state index is 0.101. The smallest absolute Gasteiger partial charge is 0.166 e. The molecule has 2 aromatic rings. The highest BCUT2D eigenvalue weighted by atomic mass is 16.1. The van der Waals surface area contributed by atoms with Crippen molar-refractivity contribution in [2.75, 3.05) is 5.73 Å². The summed E-state index contributed by atoms with van der Waals surface area (Å²) in [5, 5.41) is 3.96. The van der Waals surface area contributed by atoms with Crippen molar-refractivity contribution in [1.82, 2.24) is 14.6 Å². The number of carbonyl (C=O) groups is 1. The van der Waals surface area contributed by atoms with E-state index < -0.39 is 0 Å². The second-order valence-electron chi connectivity index (χ2n) is 2.73. The highest BCUT2D eigenvalue weighted by Crippen LogP contribution is 2.15. The van der Waals surface area contributed by atoms with Crippen LogP contribution in [-0.4, -0.2) is 20.4 Å². The van der Waals surface area contributed by atoms with E-state index in [1.54, 1.807) is 12.4 Å². The van der Waals surface area contributed by atoms with Gasteiger partial charge in [-0.05, 0) is 6.92 Å². The summed E-state index contributed by atoms with van der Waals surface area (Å²) in [5.41, 5.74) is 6.91. The summed E-state index contributed by atoms with van der Waals surface area (Å²) in [6, 6.07) is 0. The number of hydrogen-bond acceptors (Lipinski definition) is 4.